The largest absolute Gasteiger partial charge is 0.477 e. The molecule has 1 amide bonds. The number of thiazole rings is 1. The number of hydrogen-bond donors (Lipinski definition) is 2. The van der Waals surface area contributed by atoms with Crippen LogP contribution in [0.3, 0.4) is 0 Å². The highest BCUT2D eigenvalue weighted by Gasteiger charge is 2.18. The highest BCUT2D eigenvalue weighted by molar-refractivity contribution is 7.13. The molecule has 2 rings (SSSR count). The second kappa shape index (κ2) is 8.28. The van der Waals surface area contributed by atoms with Gasteiger partial charge in [-0.1, -0.05) is 13.8 Å². The number of nitrogens with one attached hydrogen (secondary N) is 1. The van der Waals surface area contributed by atoms with Gasteiger partial charge in [0.05, 0.1) is 23.3 Å². The first-order chi connectivity index (χ1) is 10.5. The maximum Gasteiger partial charge on any atom is 0.347 e. The van der Waals surface area contributed by atoms with Crippen molar-refractivity contribution in [3.63, 3.8) is 0 Å². The second-order valence-electron chi connectivity index (χ2n) is 4.07. The molecule has 0 saturated carbocycles. The van der Waals surface area contributed by atoms with Crippen LogP contribution in [0.15, 0.2) is 12.3 Å². The van der Waals surface area contributed by atoms with Crippen LogP contribution in [0.4, 0.5) is 5.82 Å². The van der Waals surface area contributed by atoms with Crippen molar-refractivity contribution in [2.75, 3.05) is 5.32 Å². The summed E-state index contributed by atoms with van der Waals surface area (Å²) in [5.74, 6) is -0.786. The van der Waals surface area contributed by atoms with E-state index in [1.165, 1.54) is 0 Å². The summed E-state index contributed by atoms with van der Waals surface area (Å²) in [5, 5.41) is 16.4. The molecule has 120 valence electrons. The lowest BCUT2D eigenvalue weighted by atomic mass is 10.2. The van der Waals surface area contributed by atoms with Gasteiger partial charge >= 0.3 is 5.97 Å². The molecule has 0 aliphatic heterocycles. The predicted octanol–water partition coefficient (Wildman–Crippen LogP) is 2.57. The summed E-state index contributed by atoms with van der Waals surface area (Å²) in [6.45, 7) is 8.26. The van der Waals surface area contributed by atoms with E-state index < -0.39 is 5.97 Å². The third kappa shape index (κ3) is 4.39. The maximum atomic E-state index is 12.0. The van der Waals surface area contributed by atoms with Gasteiger partial charge in [0.2, 0.25) is 5.91 Å². The standard InChI is InChI=1S/C12H14N4O3S.C2H6/c1-3-16-9(4-5-13-16)15-10(17)6-8-11(12(18)19)20-7(2)14-8;1-2/h4-5H,3,6H2,1-2H3,(H,15,17)(H,18,19);1-2H3. The van der Waals surface area contributed by atoms with Crippen molar-refractivity contribution in [1.82, 2.24) is 14.8 Å². The molecule has 7 nitrogen and oxygen atoms in total. The van der Waals surface area contributed by atoms with Crippen molar-refractivity contribution < 1.29 is 14.7 Å². The molecule has 0 unspecified atom stereocenters. The molecule has 0 saturated heterocycles. The van der Waals surface area contributed by atoms with Crippen LogP contribution in [0.1, 0.15) is 41.1 Å². The van der Waals surface area contributed by atoms with E-state index in [1.54, 1.807) is 23.9 Å². The molecule has 8 heteroatoms. The van der Waals surface area contributed by atoms with E-state index in [0.29, 0.717) is 23.1 Å². The lowest BCUT2D eigenvalue weighted by Crippen LogP contribution is -2.18. The number of carbonyl (C=O) groups is 2. The molecule has 0 atom stereocenters. The van der Waals surface area contributed by atoms with Gasteiger partial charge in [0.1, 0.15) is 10.7 Å². The number of carboxylic acid groups (broad SMARTS) is 1. The number of anilines is 1. The van der Waals surface area contributed by atoms with E-state index in [1.807, 2.05) is 20.8 Å². The number of hydrogen-bond acceptors (Lipinski definition) is 5. The Kier molecular flexibility index (Phi) is 6.71. The predicted molar refractivity (Wildman–Crippen MR) is 85.4 cm³/mol. The Morgan fingerprint density at radius 2 is 2.09 bits per heavy atom. The number of carbonyl (C=O) groups excluding carboxylic acids is 1. The number of amides is 1. The van der Waals surface area contributed by atoms with E-state index in [2.05, 4.69) is 15.4 Å². The molecule has 2 aromatic heterocycles. The van der Waals surface area contributed by atoms with Crippen molar-refractivity contribution in [2.24, 2.45) is 0 Å². The number of rotatable bonds is 5. The van der Waals surface area contributed by atoms with E-state index in [0.717, 1.165) is 11.3 Å². The number of carboxylic acids is 1. The normalized spacial score (nSPS) is 9.82. The first kappa shape index (κ1) is 17.8. The summed E-state index contributed by atoms with van der Waals surface area (Å²) < 4.78 is 1.64. The third-order valence-corrected chi connectivity index (χ3v) is 3.61. The zero-order valence-corrected chi connectivity index (χ0v) is 13.9. The number of aryl methyl sites for hydroxylation is 2. The van der Waals surface area contributed by atoms with Gasteiger partial charge in [-0.3, -0.25) is 4.79 Å². The van der Waals surface area contributed by atoms with Gasteiger partial charge in [-0.15, -0.1) is 11.3 Å². The SMILES string of the molecule is CC.CCn1nccc1NC(=O)Cc1nc(C)sc1C(=O)O. The molecule has 0 spiro atoms. The minimum absolute atomic E-state index is 0.0686. The first-order valence-corrected chi connectivity index (χ1v) is 7.84. The molecule has 0 bridgehead atoms. The summed E-state index contributed by atoms with van der Waals surface area (Å²) in [4.78, 5) is 27.2. The number of aromatic carboxylic acids is 1. The van der Waals surface area contributed by atoms with Crippen LogP contribution in [-0.2, 0) is 17.8 Å². The summed E-state index contributed by atoms with van der Waals surface area (Å²) in [6.07, 6.45) is 1.52. The van der Waals surface area contributed by atoms with Crippen LogP contribution < -0.4 is 5.32 Å². The second-order valence-corrected chi connectivity index (χ2v) is 5.27. The fourth-order valence-corrected chi connectivity index (χ4v) is 2.56. The average molecular weight is 324 g/mol. The van der Waals surface area contributed by atoms with Crippen LogP contribution in [0.5, 0.6) is 0 Å². The van der Waals surface area contributed by atoms with Crippen LogP contribution in [0.2, 0.25) is 0 Å². The molecule has 0 radical (unpaired) electrons. The van der Waals surface area contributed by atoms with Gasteiger partial charge in [-0.25, -0.2) is 14.5 Å². The fourth-order valence-electron chi connectivity index (χ4n) is 1.79. The Balaban J connectivity index is 0.00000116. The molecule has 22 heavy (non-hydrogen) atoms. The molecule has 2 N–H and O–H groups in total. The van der Waals surface area contributed by atoms with Crippen LogP contribution in [0.25, 0.3) is 0 Å². The average Bonchev–Trinajstić information content (AvgIpc) is 3.07. The zero-order valence-electron chi connectivity index (χ0n) is 13.1. The Bertz CT molecular complexity index is 648. The highest BCUT2D eigenvalue weighted by atomic mass is 32.1. The maximum absolute atomic E-state index is 12.0. The van der Waals surface area contributed by atoms with Gasteiger partial charge in [0.25, 0.3) is 0 Å². The van der Waals surface area contributed by atoms with Crippen LogP contribution in [0, 0.1) is 6.92 Å². The number of nitrogens with zero attached hydrogens (tertiary/aromatic N) is 3. The van der Waals surface area contributed by atoms with E-state index in [4.69, 9.17) is 5.11 Å². The van der Waals surface area contributed by atoms with Crippen molar-refractivity contribution >= 4 is 29.0 Å². The summed E-state index contributed by atoms with van der Waals surface area (Å²) in [6, 6.07) is 1.69. The van der Waals surface area contributed by atoms with Gasteiger partial charge in [0, 0.05) is 12.6 Å². The van der Waals surface area contributed by atoms with Gasteiger partial charge in [-0.05, 0) is 13.8 Å². The van der Waals surface area contributed by atoms with Gasteiger partial charge in [0.15, 0.2) is 0 Å². The Morgan fingerprint density at radius 3 is 2.68 bits per heavy atom. The molecular weight excluding hydrogens is 304 g/mol. The van der Waals surface area contributed by atoms with Crippen molar-refractivity contribution in [3.05, 3.63) is 27.8 Å². The van der Waals surface area contributed by atoms with Gasteiger partial charge in [-0.2, -0.15) is 5.10 Å². The Hall–Kier alpha value is -2.22. The lowest BCUT2D eigenvalue weighted by Gasteiger charge is -2.06. The number of aromatic nitrogens is 3. The molecule has 2 aromatic rings. The van der Waals surface area contributed by atoms with Gasteiger partial charge < -0.3 is 10.4 Å². The molecule has 0 aliphatic carbocycles. The quantitative estimate of drug-likeness (QED) is 0.881. The Morgan fingerprint density at radius 1 is 1.41 bits per heavy atom. The fraction of sp³-hybridized carbons (Fsp3) is 0.429. The molecule has 0 aromatic carbocycles. The lowest BCUT2D eigenvalue weighted by molar-refractivity contribution is -0.115. The first-order valence-electron chi connectivity index (χ1n) is 7.02. The molecule has 2 heterocycles. The van der Waals surface area contributed by atoms with Crippen LogP contribution in [-0.4, -0.2) is 31.7 Å². The Labute approximate surface area is 133 Å². The topological polar surface area (TPSA) is 97.1 Å². The van der Waals surface area contributed by atoms with Crippen molar-refractivity contribution in [3.8, 4) is 0 Å². The third-order valence-electron chi connectivity index (χ3n) is 2.61. The molecule has 0 aliphatic rings. The van der Waals surface area contributed by atoms with Crippen molar-refractivity contribution in [1.29, 1.82) is 0 Å². The van der Waals surface area contributed by atoms with E-state index >= 15 is 0 Å². The highest BCUT2D eigenvalue weighted by Crippen LogP contribution is 2.19. The van der Waals surface area contributed by atoms with E-state index in [-0.39, 0.29) is 17.2 Å². The molecule has 0 fully saturated rings. The monoisotopic (exact) mass is 324 g/mol. The van der Waals surface area contributed by atoms with Crippen molar-refractivity contribution in [2.45, 2.75) is 40.7 Å². The summed E-state index contributed by atoms with van der Waals surface area (Å²) in [5.41, 5.74) is 0.292. The summed E-state index contributed by atoms with van der Waals surface area (Å²) >= 11 is 1.07. The zero-order chi connectivity index (χ0) is 16.7. The van der Waals surface area contributed by atoms with Crippen LogP contribution >= 0.6 is 11.3 Å². The smallest absolute Gasteiger partial charge is 0.347 e. The minimum atomic E-state index is -1.06. The minimum Gasteiger partial charge on any atom is -0.477 e. The molecular formula is C14H20N4O3S. The van der Waals surface area contributed by atoms with E-state index in [9.17, 15) is 9.59 Å². The summed E-state index contributed by atoms with van der Waals surface area (Å²) in [7, 11) is 0.